The number of sulfonamides is 1. The molecular weight excluding hydrogens is 416 g/mol. The van der Waals surface area contributed by atoms with Gasteiger partial charge in [0.05, 0.1) is 4.90 Å². The number of hydrogen-bond acceptors (Lipinski definition) is 3. The lowest BCUT2D eigenvalue weighted by atomic mass is 9.89. The van der Waals surface area contributed by atoms with Gasteiger partial charge in [-0.1, -0.05) is 66.9 Å². The number of rotatable bonds is 6. The van der Waals surface area contributed by atoms with E-state index < -0.39 is 10.0 Å². The molecule has 1 saturated carbocycles. The van der Waals surface area contributed by atoms with Gasteiger partial charge in [-0.2, -0.15) is 0 Å². The van der Waals surface area contributed by atoms with Crippen molar-refractivity contribution < 1.29 is 8.42 Å². The summed E-state index contributed by atoms with van der Waals surface area (Å²) >= 11 is 5.91. The molecule has 30 heavy (non-hydrogen) atoms. The summed E-state index contributed by atoms with van der Waals surface area (Å²) in [6, 6.07) is 21.1. The number of fused-ring (bicyclic) bond motifs is 1. The molecule has 1 aliphatic carbocycles. The largest absolute Gasteiger partial charge is 0.306 e. The Hall–Kier alpha value is -1.92. The quantitative estimate of drug-likeness (QED) is 0.534. The van der Waals surface area contributed by atoms with E-state index in [4.69, 9.17) is 11.6 Å². The summed E-state index contributed by atoms with van der Waals surface area (Å²) in [6.45, 7) is 2.15. The van der Waals surface area contributed by atoms with Gasteiger partial charge >= 0.3 is 0 Å². The molecule has 2 unspecified atom stereocenters. The second kappa shape index (κ2) is 9.06. The Bertz CT molecular complexity index is 1110. The molecule has 4 rings (SSSR count). The summed E-state index contributed by atoms with van der Waals surface area (Å²) in [5.41, 5.74) is 1.23. The minimum absolute atomic E-state index is 0.0785. The Morgan fingerprint density at radius 2 is 1.57 bits per heavy atom. The van der Waals surface area contributed by atoms with E-state index in [1.165, 1.54) is 16.3 Å². The molecule has 3 aromatic rings. The normalized spacial score (nSPS) is 20.9. The number of nitrogens with one attached hydrogen (secondary N) is 2. The molecule has 3 atom stereocenters. The third-order valence-electron chi connectivity index (χ3n) is 5.95. The van der Waals surface area contributed by atoms with E-state index in [-0.39, 0.29) is 23.0 Å². The highest BCUT2D eigenvalue weighted by molar-refractivity contribution is 7.89. The van der Waals surface area contributed by atoms with Crippen LogP contribution in [0.3, 0.4) is 0 Å². The molecule has 0 bridgehead atoms. The highest BCUT2D eigenvalue weighted by atomic mass is 35.5. The van der Waals surface area contributed by atoms with Crippen LogP contribution < -0.4 is 10.0 Å². The van der Waals surface area contributed by atoms with E-state index in [0.29, 0.717) is 5.02 Å². The van der Waals surface area contributed by atoms with E-state index >= 15 is 0 Å². The van der Waals surface area contributed by atoms with Crippen molar-refractivity contribution in [1.29, 1.82) is 0 Å². The Morgan fingerprint density at radius 1 is 0.900 bits per heavy atom. The van der Waals surface area contributed by atoms with Gasteiger partial charge in [0.1, 0.15) is 0 Å². The maximum absolute atomic E-state index is 12.9. The van der Waals surface area contributed by atoms with Crippen LogP contribution in [0, 0.1) is 0 Å². The molecule has 158 valence electrons. The van der Waals surface area contributed by atoms with Crippen LogP contribution in [-0.4, -0.2) is 20.5 Å². The first-order valence-corrected chi connectivity index (χ1v) is 12.3. The summed E-state index contributed by atoms with van der Waals surface area (Å²) in [5, 5.41) is 6.68. The summed E-state index contributed by atoms with van der Waals surface area (Å²) < 4.78 is 28.8. The van der Waals surface area contributed by atoms with E-state index in [1.807, 2.05) is 6.07 Å². The van der Waals surface area contributed by atoms with Crippen molar-refractivity contribution >= 4 is 32.4 Å². The minimum Gasteiger partial charge on any atom is -0.306 e. The summed E-state index contributed by atoms with van der Waals surface area (Å²) in [6.07, 6.45) is 3.89. The SMILES string of the molecule is CC(N[C@H]1CCCCC1NS(=O)(=O)c1ccc(Cl)cc1)c1cccc2ccccc12. The van der Waals surface area contributed by atoms with Crippen LogP contribution in [0.15, 0.2) is 71.6 Å². The topological polar surface area (TPSA) is 58.2 Å². The Kier molecular flexibility index (Phi) is 6.44. The number of benzene rings is 3. The highest BCUT2D eigenvalue weighted by Crippen LogP contribution is 2.28. The summed E-state index contributed by atoms with van der Waals surface area (Å²) in [4.78, 5) is 0.248. The number of halogens is 1. The zero-order valence-electron chi connectivity index (χ0n) is 17.0. The zero-order valence-corrected chi connectivity index (χ0v) is 18.6. The molecule has 1 fully saturated rings. The van der Waals surface area contributed by atoms with E-state index in [9.17, 15) is 8.42 Å². The molecule has 0 radical (unpaired) electrons. The van der Waals surface area contributed by atoms with Gasteiger partial charge in [-0.05, 0) is 60.4 Å². The molecule has 6 heteroatoms. The van der Waals surface area contributed by atoms with Crippen LogP contribution >= 0.6 is 11.6 Å². The van der Waals surface area contributed by atoms with Crippen LogP contribution in [-0.2, 0) is 10.0 Å². The van der Waals surface area contributed by atoms with Crippen molar-refractivity contribution in [3.8, 4) is 0 Å². The Labute approximate surface area is 183 Å². The Balaban J connectivity index is 1.53. The summed E-state index contributed by atoms with van der Waals surface area (Å²) in [7, 11) is -3.59. The molecule has 4 nitrogen and oxygen atoms in total. The first-order chi connectivity index (χ1) is 14.4. The van der Waals surface area contributed by atoms with Crippen LogP contribution in [0.5, 0.6) is 0 Å². The van der Waals surface area contributed by atoms with Crippen molar-refractivity contribution in [2.75, 3.05) is 0 Å². The molecule has 0 amide bonds. The molecule has 1 aliphatic rings. The van der Waals surface area contributed by atoms with Crippen LogP contribution in [0.25, 0.3) is 10.8 Å². The molecule has 0 aromatic heterocycles. The van der Waals surface area contributed by atoms with Crippen LogP contribution in [0.4, 0.5) is 0 Å². The van der Waals surface area contributed by atoms with Gasteiger partial charge < -0.3 is 5.32 Å². The second-order valence-electron chi connectivity index (χ2n) is 8.03. The van der Waals surface area contributed by atoms with E-state index in [2.05, 4.69) is 53.4 Å². The summed E-state index contributed by atoms with van der Waals surface area (Å²) in [5.74, 6) is 0. The standard InChI is InChI=1S/C24H27ClN2O2S/c1-17(21-10-6-8-18-7-2-3-9-22(18)21)26-23-11-4-5-12-24(23)27-30(28,29)20-15-13-19(25)14-16-20/h2-3,6-10,13-17,23-24,26-27H,4-5,11-12H2,1H3/t17?,23-,24?/m0/s1. The van der Waals surface area contributed by atoms with Gasteiger partial charge in [0.25, 0.3) is 0 Å². The molecule has 0 aliphatic heterocycles. The predicted octanol–water partition coefficient (Wildman–Crippen LogP) is 5.43. The van der Waals surface area contributed by atoms with Gasteiger partial charge in [0, 0.05) is 23.1 Å². The lowest BCUT2D eigenvalue weighted by Crippen LogP contribution is -2.52. The van der Waals surface area contributed by atoms with Crippen molar-refractivity contribution in [3.63, 3.8) is 0 Å². The van der Waals surface area contributed by atoms with Crippen molar-refractivity contribution in [1.82, 2.24) is 10.0 Å². The van der Waals surface area contributed by atoms with Crippen LogP contribution in [0.2, 0.25) is 5.02 Å². The van der Waals surface area contributed by atoms with Gasteiger partial charge in [0.2, 0.25) is 10.0 Å². The minimum atomic E-state index is -3.59. The molecule has 0 spiro atoms. The third kappa shape index (κ3) is 4.70. The molecule has 0 saturated heterocycles. The molecular formula is C24H27ClN2O2S. The molecule has 2 N–H and O–H groups in total. The third-order valence-corrected chi connectivity index (χ3v) is 7.71. The zero-order chi connectivity index (χ0) is 21.1. The fraction of sp³-hybridized carbons (Fsp3) is 0.333. The molecule has 0 heterocycles. The van der Waals surface area contributed by atoms with Crippen molar-refractivity contribution in [2.45, 2.75) is 55.6 Å². The number of hydrogen-bond donors (Lipinski definition) is 2. The lowest BCUT2D eigenvalue weighted by Gasteiger charge is -2.35. The maximum atomic E-state index is 12.9. The average Bonchev–Trinajstić information content (AvgIpc) is 2.75. The first kappa shape index (κ1) is 21.3. The van der Waals surface area contributed by atoms with E-state index in [0.717, 1.165) is 25.7 Å². The monoisotopic (exact) mass is 442 g/mol. The van der Waals surface area contributed by atoms with Gasteiger partial charge in [-0.15, -0.1) is 0 Å². The second-order valence-corrected chi connectivity index (χ2v) is 10.2. The highest BCUT2D eigenvalue weighted by Gasteiger charge is 2.30. The van der Waals surface area contributed by atoms with Gasteiger partial charge in [-0.25, -0.2) is 13.1 Å². The predicted molar refractivity (Wildman–Crippen MR) is 123 cm³/mol. The first-order valence-electron chi connectivity index (χ1n) is 10.5. The van der Waals surface area contributed by atoms with Gasteiger partial charge in [0.15, 0.2) is 0 Å². The van der Waals surface area contributed by atoms with Gasteiger partial charge in [-0.3, -0.25) is 0 Å². The Morgan fingerprint density at radius 3 is 2.33 bits per heavy atom. The van der Waals surface area contributed by atoms with E-state index in [1.54, 1.807) is 24.3 Å². The molecule has 3 aromatic carbocycles. The van der Waals surface area contributed by atoms with Crippen molar-refractivity contribution in [2.24, 2.45) is 0 Å². The average molecular weight is 443 g/mol. The fourth-order valence-electron chi connectivity index (χ4n) is 4.39. The lowest BCUT2D eigenvalue weighted by molar-refractivity contribution is 0.291. The fourth-order valence-corrected chi connectivity index (χ4v) is 5.83. The smallest absolute Gasteiger partial charge is 0.240 e. The maximum Gasteiger partial charge on any atom is 0.240 e. The van der Waals surface area contributed by atoms with Crippen LogP contribution in [0.1, 0.15) is 44.2 Å². The van der Waals surface area contributed by atoms with Crippen molar-refractivity contribution in [3.05, 3.63) is 77.3 Å².